The molecule has 5 nitrogen and oxygen atoms in total. The van der Waals surface area contributed by atoms with Gasteiger partial charge in [-0.2, -0.15) is 0 Å². The van der Waals surface area contributed by atoms with Crippen LogP contribution in [-0.4, -0.2) is 21.9 Å². The van der Waals surface area contributed by atoms with Crippen molar-refractivity contribution in [3.8, 4) is 5.75 Å². The van der Waals surface area contributed by atoms with Crippen LogP contribution in [0.3, 0.4) is 0 Å². The first-order chi connectivity index (χ1) is 11.6. The number of pyridine rings is 1. The summed E-state index contributed by atoms with van der Waals surface area (Å²) in [5.41, 5.74) is 3.10. The number of carbonyl (C=O) groups excluding carboxylic acids is 1. The average Bonchev–Trinajstić information content (AvgIpc) is 2.96. The van der Waals surface area contributed by atoms with E-state index in [0.29, 0.717) is 23.7 Å². The van der Waals surface area contributed by atoms with Crippen LogP contribution in [0, 0.1) is 6.92 Å². The number of aromatic nitrogens is 2. The molecule has 0 aliphatic carbocycles. The van der Waals surface area contributed by atoms with Crippen molar-refractivity contribution in [2.24, 2.45) is 0 Å². The van der Waals surface area contributed by atoms with E-state index in [4.69, 9.17) is 16.3 Å². The summed E-state index contributed by atoms with van der Waals surface area (Å²) in [4.78, 5) is 16.7. The monoisotopic (exact) mass is 343 g/mol. The lowest BCUT2D eigenvalue weighted by Crippen LogP contribution is -2.23. The van der Waals surface area contributed by atoms with Crippen molar-refractivity contribution in [1.29, 1.82) is 0 Å². The highest BCUT2D eigenvalue weighted by Crippen LogP contribution is 2.19. The predicted molar refractivity (Wildman–Crippen MR) is 93.7 cm³/mol. The quantitative estimate of drug-likeness (QED) is 0.769. The number of hydrogen-bond acceptors (Lipinski definition) is 3. The van der Waals surface area contributed by atoms with Gasteiger partial charge in [-0.15, -0.1) is 0 Å². The number of nitrogens with zero attached hydrogens (tertiary/aromatic N) is 2. The Kier molecular flexibility index (Phi) is 4.71. The Hall–Kier alpha value is -2.53. The van der Waals surface area contributed by atoms with Gasteiger partial charge in [0.05, 0.1) is 23.9 Å². The van der Waals surface area contributed by atoms with Crippen molar-refractivity contribution in [2.45, 2.75) is 20.4 Å². The van der Waals surface area contributed by atoms with E-state index in [-0.39, 0.29) is 5.91 Å². The van der Waals surface area contributed by atoms with Gasteiger partial charge in [-0.1, -0.05) is 11.6 Å². The SMILES string of the molecule is CCOc1ccc(C(=O)NCc2cn3cc(Cl)ccc3n2)cc1C. The fourth-order valence-electron chi connectivity index (χ4n) is 2.48. The number of hydrogen-bond donors (Lipinski definition) is 1. The molecule has 0 atom stereocenters. The summed E-state index contributed by atoms with van der Waals surface area (Å²) in [6.07, 6.45) is 3.63. The number of halogens is 1. The van der Waals surface area contributed by atoms with Crippen molar-refractivity contribution < 1.29 is 9.53 Å². The van der Waals surface area contributed by atoms with Crippen LogP contribution >= 0.6 is 11.6 Å². The Morgan fingerprint density at radius 3 is 2.88 bits per heavy atom. The molecule has 0 bridgehead atoms. The molecule has 0 saturated carbocycles. The van der Waals surface area contributed by atoms with Crippen LogP contribution in [0.5, 0.6) is 5.75 Å². The van der Waals surface area contributed by atoms with Gasteiger partial charge in [-0.3, -0.25) is 4.79 Å². The maximum absolute atomic E-state index is 12.3. The summed E-state index contributed by atoms with van der Waals surface area (Å²) in [6, 6.07) is 9.03. The van der Waals surface area contributed by atoms with Crippen LogP contribution < -0.4 is 10.1 Å². The maximum atomic E-state index is 12.3. The Morgan fingerprint density at radius 1 is 1.29 bits per heavy atom. The maximum Gasteiger partial charge on any atom is 0.251 e. The average molecular weight is 344 g/mol. The molecule has 124 valence electrons. The third-order valence-corrected chi connectivity index (χ3v) is 3.86. The normalized spacial score (nSPS) is 10.8. The molecule has 2 aromatic heterocycles. The van der Waals surface area contributed by atoms with Gasteiger partial charge < -0.3 is 14.5 Å². The first-order valence-electron chi connectivity index (χ1n) is 7.71. The number of aryl methyl sites for hydroxylation is 1. The summed E-state index contributed by atoms with van der Waals surface area (Å²) < 4.78 is 7.33. The van der Waals surface area contributed by atoms with Gasteiger partial charge >= 0.3 is 0 Å². The highest BCUT2D eigenvalue weighted by atomic mass is 35.5. The largest absolute Gasteiger partial charge is 0.494 e. The fourth-order valence-corrected chi connectivity index (χ4v) is 2.65. The fraction of sp³-hybridized carbons (Fsp3) is 0.222. The molecule has 3 aromatic rings. The minimum absolute atomic E-state index is 0.142. The third-order valence-electron chi connectivity index (χ3n) is 3.63. The second-order valence-electron chi connectivity index (χ2n) is 5.44. The van der Waals surface area contributed by atoms with Crippen molar-refractivity contribution in [3.63, 3.8) is 0 Å². The number of carbonyl (C=O) groups is 1. The predicted octanol–water partition coefficient (Wildman–Crippen LogP) is 3.62. The van der Waals surface area contributed by atoms with Gasteiger partial charge in [0, 0.05) is 18.0 Å². The molecule has 0 spiro atoms. The van der Waals surface area contributed by atoms with E-state index >= 15 is 0 Å². The molecule has 2 heterocycles. The smallest absolute Gasteiger partial charge is 0.251 e. The molecule has 0 radical (unpaired) electrons. The van der Waals surface area contributed by atoms with E-state index in [0.717, 1.165) is 22.7 Å². The molecule has 0 aliphatic heterocycles. The van der Waals surface area contributed by atoms with Crippen molar-refractivity contribution in [3.05, 3.63) is 64.6 Å². The minimum Gasteiger partial charge on any atom is -0.494 e. The Morgan fingerprint density at radius 2 is 2.12 bits per heavy atom. The summed E-state index contributed by atoms with van der Waals surface area (Å²) >= 11 is 5.96. The van der Waals surface area contributed by atoms with Gasteiger partial charge in [0.2, 0.25) is 0 Å². The minimum atomic E-state index is -0.142. The zero-order valence-corrected chi connectivity index (χ0v) is 14.3. The number of amides is 1. The topological polar surface area (TPSA) is 55.6 Å². The molecule has 1 N–H and O–H groups in total. The first-order valence-corrected chi connectivity index (χ1v) is 8.09. The number of rotatable bonds is 5. The van der Waals surface area contributed by atoms with Crippen molar-refractivity contribution in [1.82, 2.24) is 14.7 Å². The van der Waals surface area contributed by atoms with Gasteiger partial charge in [0.15, 0.2) is 0 Å². The summed E-state index contributed by atoms with van der Waals surface area (Å²) in [7, 11) is 0. The molecular formula is C18H18ClN3O2. The molecule has 1 aromatic carbocycles. The van der Waals surface area contributed by atoms with Crippen LogP contribution in [0.1, 0.15) is 28.5 Å². The van der Waals surface area contributed by atoms with E-state index in [1.54, 1.807) is 18.3 Å². The summed E-state index contributed by atoms with van der Waals surface area (Å²) in [5.74, 6) is 0.655. The highest BCUT2D eigenvalue weighted by molar-refractivity contribution is 6.30. The van der Waals surface area contributed by atoms with Crippen LogP contribution in [-0.2, 0) is 6.54 Å². The molecule has 0 fully saturated rings. The van der Waals surface area contributed by atoms with Crippen LogP contribution in [0.25, 0.3) is 5.65 Å². The van der Waals surface area contributed by atoms with Crippen molar-refractivity contribution >= 4 is 23.2 Å². The Balaban J connectivity index is 1.69. The van der Waals surface area contributed by atoms with Crippen LogP contribution in [0.15, 0.2) is 42.7 Å². The van der Waals surface area contributed by atoms with Gasteiger partial charge in [0.1, 0.15) is 11.4 Å². The second kappa shape index (κ2) is 6.93. The molecule has 3 rings (SSSR count). The van der Waals surface area contributed by atoms with Crippen molar-refractivity contribution in [2.75, 3.05) is 6.61 Å². The lowest BCUT2D eigenvalue weighted by molar-refractivity contribution is 0.0950. The molecule has 0 unspecified atom stereocenters. The van der Waals surface area contributed by atoms with Gasteiger partial charge in [-0.25, -0.2) is 4.98 Å². The molecule has 0 saturated heterocycles. The summed E-state index contributed by atoms with van der Waals surface area (Å²) in [6.45, 7) is 4.81. The lowest BCUT2D eigenvalue weighted by Gasteiger charge is -2.09. The standard InChI is InChI=1S/C18H18ClN3O2/c1-3-24-16-6-4-13(8-12(16)2)18(23)20-9-15-11-22-10-14(19)5-7-17(22)21-15/h4-8,10-11H,3,9H2,1-2H3,(H,20,23). The van der Waals surface area contributed by atoms with E-state index in [2.05, 4.69) is 10.3 Å². The van der Waals surface area contributed by atoms with Crippen LogP contribution in [0.4, 0.5) is 0 Å². The Labute approximate surface area is 145 Å². The number of nitrogens with one attached hydrogen (secondary N) is 1. The van der Waals surface area contributed by atoms with E-state index < -0.39 is 0 Å². The first kappa shape index (κ1) is 16.3. The number of benzene rings is 1. The second-order valence-corrected chi connectivity index (χ2v) is 5.88. The number of ether oxygens (including phenoxy) is 1. The lowest BCUT2D eigenvalue weighted by atomic mass is 10.1. The van der Waals surface area contributed by atoms with Gasteiger partial charge in [-0.05, 0) is 49.7 Å². The van der Waals surface area contributed by atoms with E-state index in [1.165, 1.54) is 0 Å². The molecule has 1 amide bonds. The van der Waals surface area contributed by atoms with Gasteiger partial charge in [0.25, 0.3) is 5.91 Å². The molecule has 0 aliphatic rings. The third kappa shape index (κ3) is 3.51. The van der Waals surface area contributed by atoms with E-state index in [9.17, 15) is 4.79 Å². The Bertz CT molecular complexity index is 889. The zero-order chi connectivity index (χ0) is 17.1. The summed E-state index contributed by atoms with van der Waals surface area (Å²) in [5, 5.41) is 3.52. The number of imidazole rings is 1. The zero-order valence-electron chi connectivity index (χ0n) is 13.5. The molecule has 24 heavy (non-hydrogen) atoms. The molecular weight excluding hydrogens is 326 g/mol. The highest BCUT2D eigenvalue weighted by Gasteiger charge is 2.09. The van der Waals surface area contributed by atoms with Crippen LogP contribution in [0.2, 0.25) is 5.02 Å². The van der Waals surface area contributed by atoms with E-state index in [1.807, 2.05) is 42.6 Å². The molecule has 6 heteroatoms. The number of fused-ring (bicyclic) bond motifs is 1.